The standard InChI is InChI=1S/C17H20N4O2/c1-21(11-7-14-5-9-18-10-6-14)17(23)12-16(22)20-13-15-4-2-3-8-19-15/h2-6,8-10H,7,11-13H2,1H3,(H,20,22). The number of nitrogens with one attached hydrogen (secondary N) is 1. The van der Waals surface area contributed by atoms with E-state index in [1.54, 1.807) is 30.5 Å². The molecule has 2 amide bonds. The number of carbonyl (C=O) groups excluding carboxylic acids is 2. The van der Waals surface area contributed by atoms with Gasteiger partial charge in [-0.05, 0) is 36.2 Å². The number of nitrogens with zero attached hydrogens (tertiary/aromatic N) is 3. The van der Waals surface area contributed by atoms with Crippen LogP contribution in [0.3, 0.4) is 0 Å². The van der Waals surface area contributed by atoms with Gasteiger partial charge in [0.05, 0.1) is 12.2 Å². The third kappa shape index (κ3) is 5.86. The molecule has 2 heterocycles. The van der Waals surface area contributed by atoms with Crippen molar-refractivity contribution in [3.63, 3.8) is 0 Å². The highest BCUT2D eigenvalue weighted by molar-refractivity contribution is 5.96. The van der Waals surface area contributed by atoms with Crippen LogP contribution in [0.1, 0.15) is 17.7 Å². The van der Waals surface area contributed by atoms with Crippen LogP contribution in [0.2, 0.25) is 0 Å². The Morgan fingerprint density at radius 2 is 1.91 bits per heavy atom. The number of aromatic nitrogens is 2. The SMILES string of the molecule is CN(CCc1ccncc1)C(=O)CC(=O)NCc1ccccn1. The third-order valence-electron chi connectivity index (χ3n) is 3.42. The van der Waals surface area contributed by atoms with Gasteiger partial charge in [-0.1, -0.05) is 6.07 Å². The van der Waals surface area contributed by atoms with Crippen molar-refractivity contribution in [1.29, 1.82) is 0 Å². The van der Waals surface area contributed by atoms with Crippen molar-refractivity contribution in [3.05, 3.63) is 60.2 Å². The summed E-state index contributed by atoms with van der Waals surface area (Å²) in [6.07, 6.45) is 5.70. The fraction of sp³-hybridized carbons (Fsp3) is 0.294. The van der Waals surface area contributed by atoms with Crippen molar-refractivity contribution in [1.82, 2.24) is 20.2 Å². The van der Waals surface area contributed by atoms with Crippen molar-refractivity contribution in [2.75, 3.05) is 13.6 Å². The molecule has 0 aliphatic heterocycles. The first kappa shape index (κ1) is 16.6. The smallest absolute Gasteiger partial charge is 0.231 e. The zero-order valence-electron chi connectivity index (χ0n) is 13.1. The molecule has 0 atom stereocenters. The molecule has 0 fully saturated rings. The Hall–Kier alpha value is -2.76. The number of hydrogen-bond acceptors (Lipinski definition) is 4. The van der Waals surface area contributed by atoms with Gasteiger partial charge in [-0.25, -0.2) is 0 Å². The highest BCUT2D eigenvalue weighted by atomic mass is 16.2. The molecular weight excluding hydrogens is 292 g/mol. The summed E-state index contributed by atoms with van der Waals surface area (Å²) in [6.45, 7) is 0.893. The molecule has 2 rings (SSSR count). The van der Waals surface area contributed by atoms with Crippen LogP contribution in [0.25, 0.3) is 0 Å². The average molecular weight is 312 g/mol. The van der Waals surface area contributed by atoms with Crippen molar-refractivity contribution < 1.29 is 9.59 Å². The minimum Gasteiger partial charge on any atom is -0.350 e. The van der Waals surface area contributed by atoms with Gasteiger partial charge in [0.25, 0.3) is 0 Å². The summed E-state index contributed by atoms with van der Waals surface area (Å²) in [5.41, 5.74) is 1.87. The highest BCUT2D eigenvalue weighted by Crippen LogP contribution is 2.00. The second-order valence-electron chi connectivity index (χ2n) is 5.20. The molecule has 0 saturated heterocycles. The minimum atomic E-state index is -0.295. The average Bonchev–Trinajstić information content (AvgIpc) is 2.59. The van der Waals surface area contributed by atoms with Crippen molar-refractivity contribution >= 4 is 11.8 Å². The zero-order chi connectivity index (χ0) is 16.5. The lowest BCUT2D eigenvalue weighted by molar-refractivity contribution is -0.135. The minimum absolute atomic E-state index is 0.153. The molecule has 0 saturated carbocycles. The van der Waals surface area contributed by atoms with Gasteiger partial charge in [0.1, 0.15) is 6.42 Å². The van der Waals surface area contributed by atoms with E-state index in [0.717, 1.165) is 17.7 Å². The maximum Gasteiger partial charge on any atom is 0.231 e. The Balaban J connectivity index is 1.71. The summed E-state index contributed by atoms with van der Waals surface area (Å²) in [4.78, 5) is 33.5. The molecule has 6 nitrogen and oxygen atoms in total. The first-order valence-corrected chi connectivity index (χ1v) is 7.44. The van der Waals surface area contributed by atoms with E-state index < -0.39 is 0 Å². The monoisotopic (exact) mass is 312 g/mol. The van der Waals surface area contributed by atoms with Crippen LogP contribution in [0.5, 0.6) is 0 Å². The van der Waals surface area contributed by atoms with Crippen LogP contribution in [0, 0.1) is 0 Å². The van der Waals surface area contributed by atoms with Crippen LogP contribution in [-0.4, -0.2) is 40.3 Å². The van der Waals surface area contributed by atoms with Gasteiger partial charge in [0.15, 0.2) is 0 Å². The summed E-state index contributed by atoms with van der Waals surface area (Å²) in [5.74, 6) is -0.492. The van der Waals surface area contributed by atoms with E-state index in [9.17, 15) is 9.59 Å². The molecule has 1 N–H and O–H groups in total. The zero-order valence-corrected chi connectivity index (χ0v) is 13.1. The molecule has 0 unspecified atom stereocenters. The maximum atomic E-state index is 12.0. The van der Waals surface area contributed by atoms with E-state index in [1.807, 2.05) is 30.3 Å². The van der Waals surface area contributed by atoms with Crippen molar-refractivity contribution in [2.24, 2.45) is 0 Å². The second-order valence-corrected chi connectivity index (χ2v) is 5.20. The molecule has 0 radical (unpaired) electrons. The predicted molar refractivity (Wildman–Crippen MR) is 86.3 cm³/mol. The fourth-order valence-electron chi connectivity index (χ4n) is 2.00. The Labute approximate surface area is 135 Å². The van der Waals surface area contributed by atoms with Crippen LogP contribution in [-0.2, 0) is 22.6 Å². The number of amides is 2. The Bertz CT molecular complexity index is 632. The van der Waals surface area contributed by atoms with Gasteiger partial charge < -0.3 is 10.2 Å². The lowest BCUT2D eigenvalue weighted by Crippen LogP contribution is -2.34. The summed E-state index contributed by atoms with van der Waals surface area (Å²) < 4.78 is 0. The molecule has 0 spiro atoms. The molecule has 2 aromatic rings. The summed E-state index contributed by atoms with van der Waals surface area (Å²) in [6, 6.07) is 9.32. The van der Waals surface area contributed by atoms with E-state index in [1.165, 1.54) is 0 Å². The van der Waals surface area contributed by atoms with E-state index in [-0.39, 0.29) is 18.2 Å². The van der Waals surface area contributed by atoms with Crippen molar-refractivity contribution in [3.8, 4) is 0 Å². The quantitative estimate of drug-likeness (QED) is 0.779. The normalized spacial score (nSPS) is 10.1. The predicted octanol–water partition coefficient (Wildman–Crippen LogP) is 1.18. The van der Waals surface area contributed by atoms with Gasteiger partial charge in [0, 0.05) is 32.2 Å². The van der Waals surface area contributed by atoms with Crippen LogP contribution < -0.4 is 5.32 Å². The molecule has 0 aliphatic carbocycles. The number of carbonyl (C=O) groups is 2. The highest BCUT2D eigenvalue weighted by Gasteiger charge is 2.13. The van der Waals surface area contributed by atoms with Crippen LogP contribution in [0.15, 0.2) is 48.9 Å². The molecular formula is C17H20N4O2. The topological polar surface area (TPSA) is 75.2 Å². The Morgan fingerprint density at radius 1 is 1.13 bits per heavy atom. The van der Waals surface area contributed by atoms with Gasteiger partial charge in [0.2, 0.25) is 11.8 Å². The first-order valence-electron chi connectivity index (χ1n) is 7.44. The van der Waals surface area contributed by atoms with Gasteiger partial charge in [-0.15, -0.1) is 0 Å². The number of pyridine rings is 2. The summed E-state index contributed by atoms with van der Waals surface area (Å²) >= 11 is 0. The van der Waals surface area contributed by atoms with Gasteiger partial charge in [-0.3, -0.25) is 19.6 Å². The lowest BCUT2D eigenvalue weighted by Gasteiger charge is -2.17. The van der Waals surface area contributed by atoms with Crippen LogP contribution >= 0.6 is 0 Å². The third-order valence-corrected chi connectivity index (χ3v) is 3.42. The number of likely N-dealkylation sites (N-methyl/N-ethyl adjacent to an activating group) is 1. The van der Waals surface area contributed by atoms with E-state index in [0.29, 0.717) is 13.1 Å². The summed E-state index contributed by atoms with van der Waals surface area (Å²) in [5, 5.41) is 2.70. The fourth-order valence-corrected chi connectivity index (χ4v) is 2.00. The van der Waals surface area contributed by atoms with Crippen LogP contribution in [0.4, 0.5) is 0 Å². The number of hydrogen-bond donors (Lipinski definition) is 1. The van der Waals surface area contributed by atoms with E-state index in [2.05, 4.69) is 15.3 Å². The first-order chi connectivity index (χ1) is 11.1. The van der Waals surface area contributed by atoms with E-state index in [4.69, 9.17) is 0 Å². The van der Waals surface area contributed by atoms with Gasteiger partial charge in [-0.2, -0.15) is 0 Å². The summed E-state index contributed by atoms with van der Waals surface area (Å²) in [7, 11) is 1.70. The van der Waals surface area contributed by atoms with Gasteiger partial charge >= 0.3 is 0 Å². The Kier molecular flexibility index (Phi) is 6.23. The van der Waals surface area contributed by atoms with Crippen molar-refractivity contribution in [2.45, 2.75) is 19.4 Å². The largest absolute Gasteiger partial charge is 0.350 e. The molecule has 23 heavy (non-hydrogen) atoms. The number of rotatable bonds is 7. The maximum absolute atomic E-state index is 12.0. The molecule has 2 aromatic heterocycles. The lowest BCUT2D eigenvalue weighted by atomic mass is 10.2. The molecule has 0 aliphatic rings. The molecule has 120 valence electrons. The Morgan fingerprint density at radius 3 is 2.61 bits per heavy atom. The molecule has 0 bridgehead atoms. The molecule has 0 aromatic carbocycles. The van der Waals surface area contributed by atoms with E-state index >= 15 is 0 Å². The second kappa shape index (κ2) is 8.63. The molecule has 6 heteroatoms.